The first kappa shape index (κ1) is 18.8. The standard InChI is InChI=1S/C21H15F3N2O3/c1-29-19(28)7-3-11-2-5-17-15(8-11)20-14(10-18(27)25-17)13-9-12(21(22,23)24)4-6-16(13)26-20/h2-9,26H,10H2,1H3,(H,25,27). The van der Waals surface area contributed by atoms with Gasteiger partial charge in [-0.05, 0) is 47.5 Å². The van der Waals surface area contributed by atoms with Gasteiger partial charge in [-0.25, -0.2) is 4.79 Å². The van der Waals surface area contributed by atoms with E-state index < -0.39 is 17.7 Å². The second-order valence-corrected chi connectivity index (χ2v) is 6.62. The number of hydrogen-bond donors (Lipinski definition) is 2. The average Bonchev–Trinajstić information content (AvgIpc) is 2.96. The molecule has 2 aromatic carbocycles. The highest BCUT2D eigenvalue weighted by molar-refractivity contribution is 6.05. The van der Waals surface area contributed by atoms with E-state index in [0.717, 1.165) is 12.1 Å². The number of nitrogens with one attached hydrogen (secondary N) is 2. The number of H-pyrrole nitrogens is 1. The minimum atomic E-state index is -4.48. The number of esters is 1. The van der Waals surface area contributed by atoms with Crippen LogP contribution in [0.2, 0.25) is 0 Å². The van der Waals surface area contributed by atoms with E-state index in [2.05, 4.69) is 15.0 Å². The number of halogens is 3. The summed E-state index contributed by atoms with van der Waals surface area (Å²) in [6.45, 7) is 0. The number of aromatic amines is 1. The third-order valence-corrected chi connectivity index (χ3v) is 4.77. The Balaban J connectivity index is 1.90. The lowest BCUT2D eigenvalue weighted by atomic mass is 10.00. The molecule has 8 heteroatoms. The Kier molecular flexibility index (Phi) is 4.41. The van der Waals surface area contributed by atoms with E-state index in [1.54, 1.807) is 24.3 Å². The quantitative estimate of drug-likeness (QED) is 0.490. The SMILES string of the molecule is COC(=O)C=Cc1ccc2c(c1)-c1[nH]c3ccc(C(F)(F)F)cc3c1CC(=O)N2. The highest BCUT2D eigenvalue weighted by Gasteiger charge is 2.32. The van der Waals surface area contributed by atoms with Crippen LogP contribution in [0.25, 0.3) is 28.2 Å². The Bertz CT molecular complexity index is 1180. The zero-order valence-corrected chi connectivity index (χ0v) is 15.2. The molecular formula is C21H15F3N2O3. The molecule has 5 nitrogen and oxygen atoms in total. The second kappa shape index (κ2) is 6.80. The van der Waals surface area contributed by atoms with Crippen molar-refractivity contribution in [2.75, 3.05) is 12.4 Å². The third-order valence-electron chi connectivity index (χ3n) is 4.77. The Morgan fingerprint density at radius 1 is 1.17 bits per heavy atom. The lowest BCUT2D eigenvalue weighted by Crippen LogP contribution is -2.12. The number of benzene rings is 2. The fourth-order valence-electron chi connectivity index (χ4n) is 3.41. The molecule has 0 fully saturated rings. The normalized spacial score (nSPS) is 13.7. The molecule has 0 unspecified atom stereocenters. The summed E-state index contributed by atoms with van der Waals surface area (Å²) in [7, 11) is 1.27. The first-order valence-corrected chi connectivity index (χ1v) is 8.68. The van der Waals surface area contributed by atoms with Gasteiger partial charge in [0.2, 0.25) is 5.91 Å². The molecule has 29 heavy (non-hydrogen) atoms. The molecule has 4 rings (SSSR count). The smallest absolute Gasteiger partial charge is 0.416 e. The molecule has 0 aliphatic carbocycles. The molecule has 0 bridgehead atoms. The first-order valence-electron chi connectivity index (χ1n) is 8.68. The lowest BCUT2D eigenvalue weighted by Gasteiger charge is -2.08. The van der Waals surface area contributed by atoms with Crippen molar-refractivity contribution in [3.8, 4) is 11.3 Å². The van der Waals surface area contributed by atoms with Gasteiger partial charge in [-0.2, -0.15) is 13.2 Å². The van der Waals surface area contributed by atoms with Gasteiger partial charge < -0.3 is 15.0 Å². The number of hydrogen-bond acceptors (Lipinski definition) is 3. The van der Waals surface area contributed by atoms with E-state index in [0.29, 0.717) is 39.0 Å². The van der Waals surface area contributed by atoms with Crippen molar-refractivity contribution in [1.82, 2.24) is 4.98 Å². The van der Waals surface area contributed by atoms with Crippen LogP contribution in [0, 0.1) is 0 Å². The largest absolute Gasteiger partial charge is 0.466 e. The topological polar surface area (TPSA) is 71.2 Å². The zero-order chi connectivity index (χ0) is 20.8. The molecule has 2 heterocycles. The van der Waals surface area contributed by atoms with E-state index in [1.807, 2.05) is 0 Å². The Labute approximate surface area is 163 Å². The van der Waals surface area contributed by atoms with Gasteiger partial charge in [0.1, 0.15) is 0 Å². The molecule has 1 aliphatic heterocycles. The summed E-state index contributed by atoms with van der Waals surface area (Å²) in [5.74, 6) is -0.833. The summed E-state index contributed by atoms with van der Waals surface area (Å²) in [5.41, 5.74) is 2.64. The van der Waals surface area contributed by atoms with Crippen LogP contribution in [0.15, 0.2) is 42.5 Å². The minimum Gasteiger partial charge on any atom is -0.466 e. The maximum absolute atomic E-state index is 13.1. The predicted octanol–water partition coefficient (Wildman–Crippen LogP) is 4.53. The number of carbonyl (C=O) groups is 2. The van der Waals surface area contributed by atoms with Gasteiger partial charge in [0, 0.05) is 22.5 Å². The van der Waals surface area contributed by atoms with Crippen LogP contribution in [0.5, 0.6) is 0 Å². The maximum atomic E-state index is 13.1. The monoisotopic (exact) mass is 400 g/mol. The van der Waals surface area contributed by atoms with Gasteiger partial charge in [-0.1, -0.05) is 6.07 Å². The number of carbonyl (C=O) groups excluding carboxylic acids is 2. The van der Waals surface area contributed by atoms with Crippen LogP contribution in [-0.4, -0.2) is 24.0 Å². The number of rotatable bonds is 2. The van der Waals surface area contributed by atoms with Gasteiger partial charge in [-0.3, -0.25) is 4.79 Å². The molecule has 0 spiro atoms. The fraction of sp³-hybridized carbons (Fsp3) is 0.143. The summed E-state index contributed by atoms with van der Waals surface area (Å²) in [4.78, 5) is 26.8. The highest BCUT2D eigenvalue weighted by Crippen LogP contribution is 2.40. The maximum Gasteiger partial charge on any atom is 0.416 e. The molecule has 148 valence electrons. The van der Waals surface area contributed by atoms with Gasteiger partial charge in [0.15, 0.2) is 0 Å². The van der Waals surface area contributed by atoms with Crippen LogP contribution in [-0.2, 0) is 26.9 Å². The minimum absolute atomic E-state index is 0.0569. The molecule has 0 saturated carbocycles. The van der Waals surface area contributed by atoms with Crippen molar-refractivity contribution in [3.05, 3.63) is 59.2 Å². The molecule has 3 aromatic rings. The average molecular weight is 400 g/mol. The molecule has 1 amide bonds. The number of fused-ring (bicyclic) bond motifs is 5. The third kappa shape index (κ3) is 3.49. The van der Waals surface area contributed by atoms with E-state index in [9.17, 15) is 22.8 Å². The van der Waals surface area contributed by atoms with Crippen molar-refractivity contribution < 1.29 is 27.5 Å². The molecule has 0 radical (unpaired) electrons. The number of methoxy groups -OCH3 is 1. The van der Waals surface area contributed by atoms with Crippen LogP contribution in [0.4, 0.5) is 18.9 Å². The molecule has 2 N–H and O–H groups in total. The van der Waals surface area contributed by atoms with E-state index >= 15 is 0 Å². The number of aromatic nitrogens is 1. The molecular weight excluding hydrogens is 385 g/mol. The fourth-order valence-corrected chi connectivity index (χ4v) is 3.41. The number of amides is 1. The van der Waals surface area contributed by atoms with E-state index in [-0.39, 0.29) is 12.3 Å². The van der Waals surface area contributed by atoms with Crippen molar-refractivity contribution in [2.45, 2.75) is 12.6 Å². The Hall–Kier alpha value is -3.55. The predicted molar refractivity (Wildman–Crippen MR) is 102 cm³/mol. The Morgan fingerprint density at radius 3 is 2.69 bits per heavy atom. The van der Waals surface area contributed by atoms with Crippen molar-refractivity contribution in [3.63, 3.8) is 0 Å². The summed E-state index contributed by atoms with van der Waals surface area (Å²) >= 11 is 0. The summed E-state index contributed by atoms with van der Waals surface area (Å²) in [6.07, 6.45) is -1.71. The Morgan fingerprint density at radius 2 is 1.97 bits per heavy atom. The highest BCUT2D eigenvalue weighted by atomic mass is 19.4. The molecule has 0 atom stereocenters. The number of anilines is 1. The van der Waals surface area contributed by atoms with Crippen molar-refractivity contribution in [1.29, 1.82) is 0 Å². The van der Waals surface area contributed by atoms with Crippen LogP contribution in [0.1, 0.15) is 16.7 Å². The van der Waals surface area contributed by atoms with Crippen LogP contribution < -0.4 is 5.32 Å². The number of ether oxygens (including phenoxy) is 1. The zero-order valence-electron chi connectivity index (χ0n) is 15.2. The molecule has 1 aliphatic rings. The van der Waals surface area contributed by atoms with E-state index in [1.165, 1.54) is 19.3 Å². The van der Waals surface area contributed by atoms with Crippen molar-refractivity contribution in [2.24, 2.45) is 0 Å². The molecule has 0 saturated heterocycles. The summed E-state index contributed by atoms with van der Waals surface area (Å²) in [6, 6.07) is 8.59. The van der Waals surface area contributed by atoms with Crippen LogP contribution >= 0.6 is 0 Å². The number of alkyl halides is 3. The van der Waals surface area contributed by atoms with Gasteiger partial charge in [0.05, 0.1) is 30.5 Å². The van der Waals surface area contributed by atoms with E-state index in [4.69, 9.17) is 0 Å². The van der Waals surface area contributed by atoms with Crippen LogP contribution in [0.3, 0.4) is 0 Å². The molecule has 1 aromatic heterocycles. The summed E-state index contributed by atoms with van der Waals surface area (Å²) in [5, 5.41) is 3.13. The first-order chi connectivity index (χ1) is 13.8. The van der Waals surface area contributed by atoms with Gasteiger partial charge in [0.25, 0.3) is 0 Å². The van der Waals surface area contributed by atoms with Crippen molar-refractivity contribution >= 4 is 34.5 Å². The lowest BCUT2D eigenvalue weighted by molar-refractivity contribution is -0.137. The summed E-state index contributed by atoms with van der Waals surface area (Å²) < 4.78 is 44.0. The second-order valence-electron chi connectivity index (χ2n) is 6.62. The van der Waals surface area contributed by atoms with Gasteiger partial charge in [-0.15, -0.1) is 0 Å². The van der Waals surface area contributed by atoms with Gasteiger partial charge >= 0.3 is 12.1 Å².